The molecule has 0 saturated heterocycles. The molecular weight excluding hydrogens is 460 g/mol. The van der Waals surface area contributed by atoms with Gasteiger partial charge in [0.2, 0.25) is 0 Å². The van der Waals surface area contributed by atoms with Crippen molar-refractivity contribution in [3.05, 3.63) is 58.7 Å². The summed E-state index contributed by atoms with van der Waals surface area (Å²) in [4.78, 5) is 32.4. The molecule has 2 heterocycles. The number of phenolic OH excluding ortho intramolecular Hbond substituents is 2. The number of nitrogens with zero attached hydrogens (tertiary/aromatic N) is 2. The molecule has 1 amide bonds. The van der Waals surface area contributed by atoms with Gasteiger partial charge in [0, 0.05) is 24.6 Å². The van der Waals surface area contributed by atoms with E-state index in [2.05, 4.69) is 5.16 Å². The zero-order valence-corrected chi connectivity index (χ0v) is 20.0. The fourth-order valence-corrected chi connectivity index (χ4v) is 4.11. The summed E-state index contributed by atoms with van der Waals surface area (Å²) in [6.45, 7) is 3.73. The van der Waals surface area contributed by atoms with E-state index < -0.39 is 11.7 Å². The molecule has 0 saturated carbocycles. The Kier molecular flexibility index (Phi) is 8.76. The Morgan fingerprint density at radius 2 is 1.82 bits per heavy atom. The van der Waals surface area contributed by atoms with E-state index in [9.17, 15) is 19.8 Å². The lowest BCUT2D eigenvalue weighted by Gasteiger charge is -2.25. The molecule has 2 N–H and O–H groups in total. The van der Waals surface area contributed by atoms with Crippen LogP contribution in [0.2, 0.25) is 5.02 Å². The van der Waals surface area contributed by atoms with Crippen LogP contribution >= 0.6 is 11.6 Å². The van der Waals surface area contributed by atoms with Crippen LogP contribution in [0.3, 0.4) is 0 Å². The molecular formula is C25H29ClN2O6. The topological polar surface area (TPSA) is 109 Å². The van der Waals surface area contributed by atoms with Crippen LogP contribution in [0.15, 0.2) is 47.7 Å². The van der Waals surface area contributed by atoms with Gasteiger partial charge in [-0.15, -0.1) is 0 Å². The number of aromatic hydroxyl groups is 2. The molecule has 2 atom stereocenters. The Bertz CT molecular complexity index is 1030. The molecule has 0 fully saturated rings. The van der Waals surface area contributed by atoms with E-state index in [0.29, 0.717) is 12.1 Å². The summed E-state index contributed by atoms with van der Waals surface area (Å²) in [6, 6.07) is 0.951. The van der Waals surface area contributed by atoms with Crippen LogP contribution in [-0.4, -0.2) is 58.0 Å². The quantitative estimate of drug-likeness (QED) is 0.373. The molecule has 1 aromatic carbocycles. The molecule has 2 aliphatic heterocycles. The Labute approximate surface area is 203 Å². The highest BCUT2D eigenvalue weighted by molar-refractivity contribution is 6.33. The molecule has 2 unspecified atom stereocenters. The lowest BCUT2D eigenvalue weighted by Crippen LogP contribution is -2.41. The van der Waals surface area contributed by atoms with Gasteiger partial charge in [0.1, 0.15) is 17.1 Å². The van der Waals surface area contributed by atoms with Crippen molar-refractivity contribution in [1.29, 1.82) is 0 Å². The van der Waals surface area contributed by atoms with Crippen molar-refractivity contribution in [2.75, 3.05) is 13.2 Å². The molecule has 0 aliphatic carbocycles. The molecule has 0 spiro atoms. The third-order valence-electron chi connectivity index (χ3n) is 5.58. The molecule has 0 bridgehead atoms. The number of hydrogen-bond acceptors (Lipinski definition) is 7. The maximum Gasteiger partial charge on any atom is 0.342 e. The van der Waals surface area contributed by atoms with Crippen molar-refractivity contribution < 1.29 is 29.4 Å². The number of cyclic esters (lactones) is 1. The number of allylic oxidation sites excluding steroid dienone is 3. The lowest BCUT2D eigenvalue weighted by atomic mass is 9.99. The average molecular weight is 489 g/mol. The normalized spacial score (nSPS) is 24.3. The predicted molar refractivity (Wildman–Crippen MR) is 129 cm³/mol. The molecule has 8 nitrogen and oxygen atoms in total. The summed E-state index contributed by atoms with van der Waals surface area (Å²) >= 11 is 6.30. The number of carbonyl (C=O) groups is 2. The van der Waals surface area contributed by atoms with Crippen LogP contribution in [0, 0.1) is 0 Å². The summed E-state index contributed by atoms with van der Waals surface area (Å²) in [5.74, 6) is -1.79. The van der Waals surface area contributed by atoms with Crippen molar-refractivity contribution in [2.24, 2.45) is 5.16 Å². The van der Waals surface area contributed by atoms with Crippen LogP contribution in [0.4, 0.5) is 0 Å². The first-order valence-corrected chi connectivity index (χ1v) is 11.6. The largest absolute Gasteiger partial charge is 0.507 e. The zero-order valence-electron chi connectivity index (χ0n) is 19.2. The van der Waals surface area contributed by atoms with Crippen molar-refractivity contribution in [3.8, 4) is 11.5 Å². The molecule has 9 heteroatoms. The van der Waals surface area contributed by atoms with Crippen LogP contribution < -0.4 is 0 Å². The van der Waals surface area contributed by atoms with Gasteiger partial charge < -0.3 is 24.7 Å². The number of oxime groups is 1. The smallest absolute Gasteiger partial charge is 0.342 e. The molecule has 0 aromatic heterocycles. The van der Waals surface area contributed by atoms with Gasteiger partial charge in [-0.05, 0) is 44.7 Å². The number of hydrogen-bond donors (Lipinski definition) is 2. The van der Waals surface area contributed by atoms with E-state index >= 15 is 0 Å². The highest BCUT2D eigenvalue weighted by atomic mass is 35.5. The first kappa shape index (κ1) is 25.4. The van der Waals surface area contributed by atoms with Crippen LogP contribution in [0.5, 0.6) is 11.5 Å². The summed E-state index contributed by atoms with van der Waals surface area (Å²) in [5.41, 5.74) is 0.364. The number of fused-ring (bicyclic) bond motifs is 1. The lowest BCUT2D eigenvalue weighted by molar-refractivity contribution is -0.137. The van der Waals surface area contributed by atoms with Crippen molar-refractivity contribution >= 4 is 29.2 Å². The minimum absolute atomic E-state index is 0.0243. The van der Waals surface area contributed by atoms with Crippen LogP contribution in [-0.2, 0) is 20.8 Å². The summed E-state index contributed by atoms with van der Waals surface area (Å²) in [7, 11) is 0. The third-order valence-corrected chi connectivity index (χ3v) is 6.00. The third kappa shape index (κ3) is 6.20. The Morgan fingerprint density at radius 3 is 2.56 bits per heavy atom. The molecule has 2 aliphatic rings. The fraction of sp³-hybridized carbons (Fsp3) is 0.400. The van der Waals surface area contributed by atoms with Crippen molar-refractivity contribution in [3.63, 3.8) is 0 Å². The molecule has 182 valence electrons. The standard InChI is InChI=1S/C25H29ClN2O6/c1-16-10-11-17(2)28(16)22(31)15-34-27-18-9-7-5-3-4-6-8-12-33-25(32)23-19(13-18)24(26)21(30)14-20(23)29/h4,6-7,9-11,14,16-17,29-30H,3,5,8,12-13,15H2,1-2H3/b6-4+,9-7+,27-18-. The monoisotopic (exact) mass is 488 g/mol. The van der Waals surface area contributed by atoms with E-state index in [1.165, 1.54) is 0 Å². The summed E-state index contributed by atoms with van der Waals surface area (Å²) in [5, 5.41) is 24.5. The van der Waals surface area contributed by atoms with Crippen molar-refractivity contribution in [2.45, 2.75) is 51.6 Å². The molecule has 0 radical (unpaired) electrons. The number of ether oxygens (including phenoxy) is 1. The molecule has 34 heavy (non-hydrogen) atoms. The van der Waals surface area contributed by atoms with Gasteiger partial charge >= 0.3 is 5.97 Å². The minimum atomic E-state index is -0.760. The number of rotatable bonds is 3. The Balaban J connectivity index is 1.88. The van der Waals surface area contributed by atoms with Gasteiger partial charge in [-0.25, -0.2) is 4.79 Å². The first-order chi connectivity index (χ1) is 16.3. The van der Waals surface area contributed by atoms with Crippen molar-refractivity contribution in [1.82, 2.24) is 4.90 Å². The van der Waals surface area contributed by atoms with Gasteiger partial charge in [0.25, 0.3) is 5.91 Å². The van der Waals surface area contributed by atoms with E-state index in [0.717, 1.165) is 18.9 Å². The van der Waals surface area contributed by atoms with Crippen LogP contribution in [0.1, 0.15) is 49.0 Å². The first-order valence-electron chi connectivity index (χ1n) is 11.2. The maximum atomic E-state index is 12.7. The minimum Gasteiger partial charge on any atom is -0.507 e. The van der Waals surface area contributed by atoms with E-state index in [1.54, 1.807) is 11.0 Å². The zero-order chi connectivity index (χ0) is 24.7. The second-order valence-electron chi connectivity index (χ2n) is 8.16. The summed E-state index contributed by atoms with van der Waals surface area (Å²) < 4.78 is 5.28. The van der Waals surface area contributed by atoms with Gasteiger partial charge in [-0.1, -0.05) is 47.1 Å². The van der Waals surface area contributed by atoms with Gasteiger partial charge in [0.05, 0.1) is 17.3 Å². The maximum absolute atomic E-state index is 12.7. The second kappa shape index (κ2) is 11.7. The highest BCUT2D eigenvalue weighted by Gasteiger charge is 2.27. The van der Waals surface area contributed by atoms with E-state index in [-0.39, 0.29) is 59.5 Å². The average Bonchev–Trinajstić information content (AvgIpc) is 3.13. The number of amides is 1. The second-order valence-corrected chi connectivity index (χ2v) is 8.54. The molecule has 3 rings (SSSR count). The molecule has 1 aromatic rings. The van der Waals surface area contributed by atoms with Gasteiger partial charge in [-0.3, -0.25) is 4.79 Å². The number of benzene rings is 1. The Hall–Kier alpha value is -3.26. The van der Waals surface area contributed by atoms with Gasteiger partial charge in [0.15, 0.2) is 6.61 Å². The number of phenols is 2. The SMILES string of the molecule is CC1C=CC(C)N1C(=O)CO/N=C1/C=C/CC/C=C/CCOC(=O)c2c(O)cc(O)c(Cl)c2C1. The van der Waals surface area contributed by atoms with E-state index in [1.807, 2.05) is 44.2 Å². The Morgan fingerprint density at radius 1 is 1.15 bits per heavy atom. The number of carbonyl (C=O) groups excluding carboxylic acids is 2. The summed E-state index contributed by atoms with van der Waals surface area (Å²) in [6.07, 6.45) is 13.4. The van der Waals surface area contributed by atoms with Crippen LogP contribution in [0.25, 0.3) is 0 Å². The fourth-order valence-electron chi connectivity index (χ4n) is 3.90. The highest BCUT2D eigenvalue weighted by Crippen LogP contribution is 2.37. The number of halogens is 1. The number of esters is 1. The van der Waals surface area contributed by atoms with Gasteiger partial charge in [-0.2, -0.15) is 0 Å². The predicted octanol–water partition coefficient (Wildman–Crippen LogP) is 4.29. The van der Waals surface area contributed by atoms with E-state index in [4.69, 9.17) is 21.2 Å².